The van der Waals surface area contributed by atoms with E-state index in [1.807, 2.05) is 4.90 Å². The summed E-state index contributed by atoms with van der Waals surface area (Å²) in [6.07, 6.45) is 2.15. The number of ether oxygens (including phenoxy) is 2. The molecule has 47 heavy (non-hydrogen) atoms. The number of methoxy groups -OCH3 is 2. The normalized spacial score (nSPS) is 17.0. The summed E-state index contributed by atoms with van der Waals surface area (Å²) < 4.78 is 39.7. The van der Waals surface area contributed by atoms with Gasteiger partial charge in [0.05, 0.1) is 69.8 Å². The van der Waals surface area contributed by atoms with E-state index in [0.29, 0.717) is 38.3 Å². The number of benzene rings is 2. The van der Waals surface area contributed by atoms with E-state index < -0.39 is 17.5 Å². The Balaban J connectivity index is 0.00000118. The van der Waals surface area contributed by atoms with Gasteiger partial charge in [-0.1, -0.05) is 11.6 Å². The summed E-state index contributed by atoms with van der Waals surface area (Å²) in [7, 11) is 8.32. The van der Waals surface area contributed by atoms with Crippen LogP contribution in [0.25, 0.3) is 11.3 Å². The van der Waals surface area contributed by atoms with E-state index in [9.17, 15) is 23.2 Å². The molecule has 1 unspecified atom stereocenters. The van der Waals surface area contributed by atoms with Crippen molar-refractivity contribution in [2.24, 2.45) is 13.0 Å². The smallest absolute Gasteiger partial charge is 0.292 e. The fourth-order valence-corrected chi connectivity index (χ4v) is 6.02. The lowest BCUT2D eigenvalue weighted by Gasteiger charge is -2.36. The molecular formula is C32H38ClF2N6O6+. The van der Waals surface area contributed by atoms with Crippen molar-refractivity contribution >= 4 is 41.5 Å². The van der Waals surface area contributed by atoms with Crippen molar-refractivity contribution < 1.29 is 41.9 Å². The molecule has 2 aliphatic rings. The average molecular weight is 676 g/mol. The lowest BCUT2D eigenvalue weighted by atomic mass is 10.1. The Morgan fingerprint density at radius 2 is 1.70 bits per heavy atom. The largest absolute Gasteiger partial charge is 0.494 e. The first-order chi connectivity index (χ1) is 22.3. The van der Waals surface area contributed by atoms with Crippen LogP contribution in [0.15, 0.2) is 36.5 Å². The number of likely N-dealkylation sites (tertiary alicyclic amines) is 1. The van der Waals surface area contributed by atoms with Crippen LogP contribution in [-0.2, 0) is 21.4 Å². The molecule has 0 aliphatic carbocycles. The maximum absolute atomic E-state index is 14.6. The molecule has 2 aliphatic heterocycles. The number of hydrogen-bond donors (Lipinski definition) is 1. The van der Waals surface area contributed by atoms with Crippen LogP contribution in [0.4, 0.5) is 14.5 Å². The van der Waals surface area contributed by atoms with Crippen LogP contribution in [0.2, 0.25) is 5.02 Å². The van der Waals surface area contributed by atoms with E-state index in [2.05, 4.69) is 29.1 Å². The minimum Gasteiger partial charge on any atom is -0.494 e. The zero-order chi connectivity index (χ0) is 34.5. The predicted octanol–water partition coefficient (Wildman–Crippen LogP) is 3.45. The van der Waals surface area contributed by atoms with Crippen LogP contribution in [-0.4, -0.2) is 116 Å². The van der Waals surface area contributed by atoms with Crippen molar-refractivity contribution in [1.82, 2.24) is 19.4 Å². The lowest BCUT2D eigenvalue weighted by molar-refractivity contribution is -0.878. The van der Waals surface area contributed by atoms with Crippen LogP contribution >= 0.6 is 11.6 Å². The molecule has 3 amide bonds. The average Bonchev–Trinajstić information content (AvgIpc) is 3.63. The third-order valence-corrected chi connectivity index (χ3v) is 8.63. The van der Waals surface area contributed by atoms with Gasteiger partial charge in [0, 0.05) is 50.9 Å². The highest BCUT2D eigenvalue weighted by atomic mass is 35.5. The fraction of sp³-hybridized carbons (Fsp3) is 0.406. The van der Waals surface area contributed by atoms with E-state index >= 15 is 0 Å². The summed E-state index contributed by atoms with van der Waals surface area (Å²) in [5, 5.41) is 2.84. The Hall–Kier alpha value is -4.56. The van der Waals surface area contributed by atoms with Gasteiger partial charge in [0.15, 0.2) is 17.4 Å². The number of aromatic nitrogens is 2. The number of halogens is 3. The zero-order valence-corrected chi connectivity index (χ0v) is 27.6. The molecule has 0 spiro atoms. The molecule has 15 heteroatoms. The van der Waals surface area contributed by atoms with Crippen LogP contribution < -0.4 is 10.1 Å². The van der Waals surface area contributed by atoms with Gasteiger partial charge in [-0.25, -0.2) is 9.37 Å². The van der Waals surface area contributed by atoms with Crippen LogP contribution in [0.1, 0.15) is 27.4 Å². The molecule has 1 N–H and O–H groups in total. The number of quaternary nitrogens is 1. The molecule has 252 valence electrons. The van der Waals surface area contributed by atoms with Crippen molar-refractivity contribution in [3.05, 3.63) is 64.6 Å². The van der Waals surface area contributed by atoms with Gasteiger partial charge >= 0.3 is 0 Å². The Kier molecular flexibility index (Phi) is 11.2. The summed E-state index contributed by atoms with van der Waals surface area (Å²) in [6.45, 7) is 3.95. The van der Waals surface area contributed by atoms with Crippen LogP contribution in [0.5, 0.6) is 5.75 Å². The Bertz CT molecular complexity index is 1660. The van der Waals surface area contributed by atoms with E-state index in [4.69, 9.17) is 21.1 Å². The third kappa shape index (κ3) is 7.88. The number of carbonyl (C=O) groups excluding carboxylic acids is 4. The van der Waals surface area contributed by atoms with Crippen molar-refractivity contribution in [1.29, 1.82) is 0 Å². The second-order valence-electron chi connectivity index (χ2n) is 11.9. The first-order valence-electron chi connectivity index (χ1n) is 14.8. The van der Waals surface area contributed by atoms with Gasteiger partial charge in [-0.05, 0) is 30.3 Å². The summed E-state index contributed by atoms with van der Waals surface area (Å²) in [5.41, 5.74) is 0.720. The molecule has 0 saturated carbocycles. The number of nitrogens with zero attached hydrogens (tertiary/aromatic N) is 5. The minimum absolute atomic E-state index is 0.0263. The number of imidazole rings is 1. The van der Waals surface area contributed by atoms with Crippen LogP contribution in [0.3, 0.4) is 0 Å². The molecule has 1 atom stereocenters. The monoisotopic (exact) mass is 675 g/mol. The number of amides is 3. The molecular weight excluding hydrogens is 638 g/mol. The highest BCUT2D eigenvalue weighted by molar-refractivity contribution is 6.34. The van der Waals surface area contributed by atoms with E-state index in [-0.39, 0.29) is 51.1 Å². The molecule has 2 fully saturated rings. The number of rotatable bonds is 7. The van der Waals surface area contributed by atoms with Gasteiger partial charge in [-0.3, -0.25) is 19.2 Å². The Morgan fingerprint density at radius 1 is 1.04 bits per heavy atom. The first-order valence-corrected chi connectivity index (χ1v) is 15.2. The van der Waals surface area contributed by atoms with Gasteiger partial charge in [-0.2, -0.15) is 4.39 Å². The first kappa shape index (κ1) is 35.3. The molecule has 5 rings (SSSR count). The molecule has 0 radical (unpaired) electrons. The quantitative estimate of drug-likeness (QED) is 0.301. The molecule has 3 heterocycles. The maximum atomic E-state index is 14.6. The predicted molar refractivity (Wildman–Crippen MR) is 170 cm³/mol. The topological polar surface area (TPSA) is 123 Å². The molecule has 1 aromatic heterocycles. The van der Waals surface area contributed by atoms with Gasteiger partial charge < -0.3 is 33.6 Å². The van der Waals surface area contributed by atoms with Gasteiger partial charge in [0.25, 0.3) is 18.3 Å². The molecule has 0 bridgehead atoms. The van der Waals surface area contributed by atoms with Crippen molar-refractivity contribution in [2.75, 3.05) is 72.9 Å². The molecule has 12 nitrogen and oxygen atoms in total. The van der Waals surface area contributed by atoms with E-state index in [1.165, 1.54) is 56.3 Å². The Labute approximate surface area is 276 Å². The second kappa shape index (κ2) is 14.9. The standard InChI is InChI=1S/C30H33ClF2N6O4.C2H4O2/c1-36-23(21-7-8-24(43-4)26(33)25(21)32)16-34-27(36)28(40)35-19-5-6-20(22(31)15-19)30(42)38-12-10-37(11-13-38)29(41)18-9-14-39(2,3)17-18;1-4-2-3/h5-8,15-16,18H,9-14,17H2,1-4H3;2H,1H3/p+1. The maximum Gasteiger partial charge on any atom is 0.292 e. The Morgan fingerprint density at radius 3 is 2.28 bits per heavy atom. The number of carbonyl (C=O) groups is 4. The third-order valence-electron chi connectivity index (χ3n) is 8.31. The van der Waals surface area contributed by atoms with Gasteiger partial charge in [-0.15, -0.1) is 0 Å². The van der Waals surface area contributed by atoms with Crippen LogP contribution in [0, 0.1) is 17.6 Å². The summed E-state index contributed by atoms with van der Waals surface area (Å²) >= 11 is 6.46. The van der Waals surface area contributed by atoms with E-state index in [0.717, 1.165) is 24.0 Å². The van der Waals surface area contributed by atoms with Gasteiger partial charge in [0.1, 0.15) is 0 Å². The van der Waals surface area contributed by atoms with E-state index in [1.54, 1.807) is 11.0 Å². The summed E-state index contributed by atoms with van der Waals surface area (Å²) in [5.74, 6) is -3.21. The minimum atomic E-state index is -1.14. The van der Waals surface area contributed by atoms with Crippen molar-refractivity contribution in [2.45, 2.75) is 6.42 Å². The van der Waals surface area contributed by atoms with Crippen molar-refractivity contribution in [3.8, 4) is 17.0 Å². The number of hydrogen-bond acceptors (Lipinski definition) is 7. The zero-order valence-electron chi connectivity index (χ0n) is 26.9. The lowest BCUT2D eigenvalue weighted by Crippen LogP contribution is -2.52. The number of nitrogens with one attached hydrogen (secondary N) is 1. The molecule has 2 aromatic carbocycles. The highest BCUT2D eigenvalue weighted by Gasteiger charge is 2.38. The number of anilines is 1. The van der Waals surface area contributed by atoms with Gasteiger partial charge in [0.2, 0.25) is 11.7 Å². The second-order valence-corrected chi connectivity index (χ2v) is 12.3. The molecule has 2 saturated heterocycles. The summed E-state index contributed by atoms with van der Waals surface area (Å²) in [6, 6.07) is 7.20. The van der Waals surface area contributed by atoms with Crippen molar-refractivity contribution in [3.63, 3.8) is 0 Å². The summed E-state index contributed by atoms with van der Waals surface area (Å²) in [4.78, 5) is 55.8. The molecule has 3 aromatic rings. The SMILES string of the molecule is COC=O.COc1ccc(-c2cnc(C(=O)Nc3ccc(C(=O)N4CCN(C(=O)C5CC[N+](C)(C)C5)CC4)c(Cl)c3)n2C)c(F)c1F. The fourth-order valence-electron chi connectivity index (χ4n) is 5.76. The highest BCUT2D eigenvalue weighted by Crippen LogP contribution is 2.30. The number of piperazine rings is 1.